The van der Waals surface area contributed by atoms with Crippen LogP contribution in [0.25, 0.3) is 0 Å². The molecule has 1 amide bonds. The summed E-state index contributed by atoms with van der Waals surface area (Å²) in [5.41, 5.74) is 11.1. The van der Waals surface area contributed by atoms with E-state index in [1.807, 2.05) is 17.0 Å². The highest BCUT2D eigenvalue weighted by Crippen LogP contribution is 2.25. The second kappa shape index (κ2) is 12.9. The first-order valence-corrected chi connectivity index (χ1v) is 13.0. The summed E-state index contributed by atoms with van der Waals surface area (Å²) >= 11 is 0. The van der Waals surface area contributed by atoms with Crippen molar-refractivity contribution in [3.05, 3.63) is 77.1 Å². The number of anilines is 1. The van der Waals surface area contributed by atoms with Crippen LogP contribution >= 0.6 is 0 Å². The second-order valence-electron chi connectivity index (χ2n) is 10.5. The van der Waals surface area contributed by atoms with E-state index >= 15 is 0 Å². The third kappa shape index (κ3) is 8.21. The number of nitrogens with zero attached hydrogens (tertiary/aromatic N) is 2. The van der Waals surface area contributed by atoms with Crippen molar-refractivity contribution in [1.82, 2.24) is 4.90 Å². The number of benzene rings is 2. The molecule has 1 aliphatic rings. The van der Waals surface area contributed by atoms with Crippen molar-refractivity contribution >= 4 is 11.6 Å². The molecule has 1 fully saturated rings. The minimum absolute atomic E-state index is 0.0849. The monoisotopic (exact) mass is 479 g/mol. The molecule has 2 atom stereocenters. The zero-order valence-corrected chi connectivity index (χ0v) is 21.8. The van der Waals surface area contributed by atoms with E-state index in [-0.39, 0.29) is 17.8 Å². The van der Waals surface area contributed by atoms with Gasteiger partial charge in [0.05, 0.1) is 6.04 Å². The molecule has 5 heteroatoms. The number of halogens is 1. The number of piperidine rings is 1. The molecule has 1 aliphatic heterocycles. The van der Waals surface area contributed by atoms with Gasteiger partial charge in [-0.2, -0.15) is 0 Å². The molecule has 0 aliphatic carbocycles. The van der Waals surface area contributed by atoms with Crippen LogP contribution in [-0.2, 0) is 17.6 Å². The molecule has 2 aromatic rings. The Morgan fingerprint density at radius 1 is 1.09 bits per heavy atom. The predicted octanol–water partition coefficient (Wildman–Crippen LogP) is 5.75. The van der Waals surface area contributed by atoms with E-state index in [9.17, 15) is 9.18 Å². The van der Waals surface area contributed by atoms with Crippen LogP contribution in [0.1, 0.15) is 58.1 Å². The number of hydrogen-bond donors (Lipinski definition) is 1. The maximum atomic E-state index is 13.2. The topological polar surface area (TPSA) is 49.6 Å². The molecule has 0 aromatic heterocycles. The van der Waals surface area contributed by atoms with E-state index in [1.54, 1.807) is 0 Å². The highest BCUT2D eigenvalue weighted by molar-refractivity contribution is 5.81. The summed E-state index contributed by atoms with van der Waals surface area (Å²) in [5.74, 6) is 0.298. The lowest BCUT2D eigenvalue weighted by Gasteiger charge is -2.41. The van der Waals surface area contributed by atoms with Crippen LogP contribution in [0.15, 0.2) is 60.2 Å². The van der Waals surface area contributed by atoms with Gasteiger partial charge in [-0.15, -0.1) is 0 Å². The zero-order valence-electron chi connectivity index (χ0n) is 21.8. The van der Waals surface area contributed by atoms with Crippen molar-refractivity contribution in [3.8, 4) is 0 Å². The number of allylic oxidation sites excluding steroid dienone is 1. The largest absolute Gasteiger partial charge is 0.363 e. The molecule has 0 spiro atoms. The van der Waals surface area contributed by atoms with Gasteiger partial charge in [0.15, 0.2) is 0 Å². The van der Waals surface area contributed by atoms with Crippen molar-refractivity contribution in [2.24, 2.45) is 11.7 Å². The summed E-state index contributed by atoms with van der Waals surface area (Å²) in [6.45, 7) is 10.8. The van der Waals surface area contributed by atoms with Gasteiger partial charge in [0.2, 0.25) is 5.91 Å². The van der Waals surface area contributed by atoms with Gasteiger partial charge in [0.1, 0.15) is 5.82 Å². The smallest absolute Gasteiger partial charge is 0.239 e. The van der Waals surface area contributed by atoms with Crippen LogP contribution in [0.5, 0.6) is 0 Å². The van der Waals surface area contributed by atoms with E-state index in [2.05, 4.69) is 62.9 Å². The lowest BCUT2D eigenvalue weighted by molar-refractivity contribution is -0.134. The summed E-state index contributed by atoms with van der Waals surface area (Å²) in [6.07, 6.45) is 6.84. The SMILES string of the molecule is CC(C)=CCN(c1ccc(CCc2ccc(F)cc2)cc1)C1CCCN(C(=O)C(N)CC(C)C)C1. The molecule has 2 aromatic carbocycles. The maximum absolute atomic E-state index is 13.2. The van der Waals surface area contributed by atoms with Crippen LogP contribution in [0.3, 0.4) is 0 Å². The lowest BCUT2D eigenvalue weighted by Crippen LogP contribution is -2.54. The Morgan fingerprint density at radius 3 is 2.26 bits per heavy atom. The summed E-state index contributed by atoms with van der Waals surface area (Å²) in [5, 5.41) is 0. The van der Waals surface area contributed by atoms with Gasteiger partial charge >= 0.3 is 0 Å². The first-order valence-electron chi connectivity index (χ1n) is 13.0. The van der Waals surface area contributed by atoms with E-state index in [4.69, 9.17) is 5.73 Å². The fraction of sp³-hybridized carbons (Fsp3) is 0.500. The highest BCUT2D eigenvalue weighted by Gasteiger charge is 2.30. The van der Waals surface area contributed by atoms with Gasteiger partial charge in [0.25, 0.3) is 0 Å². The quantitative estimate of drug-likeness (QED) is 0.442. The van der Waals surface area contributed by atoms with Gasteiger partial charge in [-0.1, -0.05) is 49.8 Å². The molecule has 3 rings (SSSR count). The maximum Gasteiger partial charge on any atom is 0.239 e. The average Bonchev–Trinajstić information content (AvgIpc) is 2.83. The Kier molecular flexibility index (Phi) is 9.91. The minimum atomic E-state index is -0.416. The third-order valence-corrected chi connectivity index (χ3v) is 6.77. The summed E-state index contributed by atoms with van der Waals surface area (Å²) in [7, 11) is 0. The number of amides is 1. The number of hydrogen-bond acceptors (Lipinski definition) is 3. The number of likely N-dealkylation sites (tertiary alicyclic amines) is 1. The molecule has 0 bridgehead atoms. The molecule has 2 N–H and O–H groups in total. The van der Waals surface area contributed by atoms with Crippen LogP contribution in [0.4, 0.5) is 10.1 Å². The van der Waals surface area contributed by atoms with Gasteiger partial charge in [-0.05, 0) is 87.3 Å². The fourth-order valence-electron chi connectivity index (χ4n) is 4.79. The molecular weight excluding hydrogens is 437 g/mol. The fourth-order valence-corrected chi connectivity index (χ4v) is 4.79. The van der Waals surface area contributed by atoms with E-state index in [0.29, 0.717) is 12.5 Å². The first-order chi connectivity index (χ1) is 16.7. The van der Waals surface area contributed by atoms with E-state index in [1.165, 1.54) is 29.0 Å². The van der Waals surface area contributed by atoms with Crippen LogP contribution in [0.2, 0.25) is 0 Å². The van der Waals surface area contributed by atoms with Crippen molar-refractivity contribution in [2.45, 2.75) is 71.9 Å². The molecule has 0 radical (unpaired) electrons. The number of carbonyl (C=O) groups excluding carboxylic acids is 1. The molecule has 1 heterocycles. The number of aryl methyl sites for hydroxylation is 2. The Balaban J connectivity index is 1.70. The number of nitrogens with two attached hydrogens (primary N) is 1. The summed E-state index contributed by atoms with van der Waals surface area (Å²) in [6, 6.07) is 15.4. The van der Waals surface area contributed by atoms with Crippen molar-refractivity contribution in [1.29, 1.82) is 0 Å². The van der Waals surface area contributed by atoms with Crippen LogP contribution in [0, 0.1) is 11.7 Å². The van der Waals surface area contributed by atoms with Crippen LogP contribution in [-0.4, -0.2) is 42.5 Å². The molecular formula is C30H42FN3O. The van der Waals surface area contributed by atoms with Gasteiger partial charge < -0.3 is 15.5 Å². The highest BCUT2D eigenvalue weighted by atomic mass is 19.1. The zero-order chi connectivity index (χ0) is 25.4. The third-order valence-electron chi connectivity index (χ3n) is 6.77. The lowest BCUT2D eigenvalue weighted by atomic mass is 9.99. The molecule has 4 nitrogen and oxygen atoms in total. The van der Waals surface area contributed by atoms with Crippen molar-refractivity contribution in [3.63, 3.8) is 0 Å². The molecule has 35 heavy (non-hydrogen) atoms. The standard InChI is InChI=1S/C30H42FN3O/c1-22(2)17-19-34(28-6-5-18-33(21-28)30(35)29(32)20-23(3)4)27-15-11-25(12-16-27)8-7-24-9-13-26(31)14-10-24/h9-17,23,28-29H,5-8,18-21,32H2,1-4H3. The molecule has 2 unspecified atom stereocenters. The predicted molar refractivity (Wildman–Crippen MR) is 144 cm³/mol. The van der Waals surface area contributed by atoms with Crippen LogP contribution < -0.4 is 10.6 Å². The Hall–Kier alpha value is -2.66. The number of rotatable bonds is 10. The Morgan fingerprint density at radius 2 is 1.69 bits per heavy atom. The van der Waals surface area contributed by atoms with Gasteiger partial charge in [0, 0.05) is 31.4 Å². The van der Waals surface area contributed by atoms with E-state index < -0.39 is 6.04 Å². The molecule has 1 saturated heterocycles. The van der Waals surface area contributed by atoms with Gasteiger partial charge in [-0.3, -0.25) is 4.79 Å². The van der Waals surface area contributed by atoms with Gasteiger partial charge in [-0.25, -0.2) is 4.39 Å². The molecule has 0 saturated carbocycles. The van der Waals surface area contributed by atoms with Crippen molar-refractivity contribution in [2.75, 3.05) is 24.5 Å². The summed E-state index contributed by atoms with van der Waals surface area (Å²) < 4.78 is 13.2. The summed E-state index contributed by atoms with van der Waals surface area (Å²) in [4.78, 5) is 17.4. The molecule has 190 valence electrons. The number of carbonyl (C=O) groups is 1. The average molecular weight is 480 g/mol. The Bertz CT molecular complexity index is 964. The minimum Gasteiger partial charge on any atom is -0.363 e. The second-order valence-corrected chi connectivity index (χ2v) is 10.5. The first kappa shape index (κ1) is 26.9. The normalized spacial score (nSPS) is 16.8. The van der Waals surface area contributed by atoms with E-state index in [0.717, 1.165) is 50.8 Å². The Labute approximate surface area is 211 Å². The van der Waals surface area contributed by atoms with Crippen molar-refractivity contribution < 1.29 is 9.18 Å².